The van der Waals surface area contributed by atoms with Crippen molar-refractivity contribution in [3.05, 3.63) is 29.3 Å². The van der Waals surface area contributed by atoms with Crippen molar-refractivity contribution in [2.24, 2.45) is 11.8 Å². The summed E-state index contributed by atoms with van der Waals surface area (Å²) in [4.78, 5) is 0. The molecular weight excluding hydrogens is 424 g/mol. The van der Waals surface area contributed by atoms with Crippen LogP contribution in [0.15, 0.2) is 24.3 Å². The van der Waals surface area contributed by atoms with Crippen LogP contribution in [0.3, 0.4) is 0 Å². The molecule has 184 valence electrons. The third kappa shape index (κ3) is 9.76. The molecule has 0 aliphatic heterocycles. The second-order valence-corrected chi connectivity index (χ2v) is 11.1. The molecule has 0 radical (unpaired) electrons. The fourth-order valence-corrected chi connectivity index (χ4v) is 5.99. The van der Waals surface area contributed by atoms with E-state index in [0.29, 0.717) is 0 Å². The second-order valence-electron chi connectivity index (χ2n) is 10.1. The molecule has 1 aromatic carbocycles. The summed E-state index contributed by atoms with van der Waals surface area (Å²) in [6.07, 6.45) is 21.5. The van der Waals surface area contributed by atoms with Crippen molar-refractivity contribution >= 4 is 11.3 Å². The van der Waals surface area contributed by atoms with E-state index in [0.717, 1.165) is 46.2 Å². The molecule has 0 amide bonds. The number of nitrogens with zero attached hydrogens (tertiary/aromatic N) is 2. The summed E-state index contributed by atoms with van der Waals surface area (Å²) in [5.41, 5.74) is 1.15. The van der Waals surface area contributed by atoms with Gasteiger partial charge in [0, 0.05) is 12.0 Å². The molecule has 1 aliphatic rings. The molecule has 0 saturated heterocycles. The SMILES string of the molecule is CCCCCCCc1nnc(-c2ccc(OCCC[C@H]3CC[C@H](CCCCC)CC3)cc2)s1. The Balaban J connectivity index is 1.30. The van der Waals surface area contributed by atoms with Gasteiger partial charge in [0.2, 0.25) is 0 Å². The van der Waals surface area contributed by atoms with E-state index in [1.165, 1.54) is 96.3 Å². The molecule has 1 fully saturated rings. The molecule has 33 heavy (non-hydrogen) atoms. The predicted molar refractivity (Wildman–Crippen MR) is 142 cm³/mol. The minimum absolute atomic E-state index is 0.830. The first-order valence-corrected chi connectivity index (χ1v) is 14.7. The highest BCUT2D eigenvalue weighted by Crippen LogP contribution is 2.34. The fraction of sp³-hybridized carbons (Fsp3) is 0.724. The van der Waals surface area contributed by atoms with Crippen LogP contribution >= 0.6 is 11.3 Å². The van der Waals surface area contributed by atoms with Gasteiger partial charge in [-0.15, -0.1) is 10.2 Å². The zero-order valence-corrected chi connectivity index (χ0v) is 22.0. The number of unbranched alkanes of at least 4 members (excludes halogenated alkanes) is 6. The maximum absolute atomic E-state index is 6.03. The van der Waals surface area contributed by atoms with E-state index >= 15 is 0 Å². The van der Waals surface area contributed by atoms with Gasteiger partial charge < -0.3 is 4.74 Å². The van der Waals surface area contributed by atoms with E-state index in [2.05, 4.69) is 48.3 Å². The summed E-state index contributed by atoms with van der Waals surface area (Å²) in [5, 5.41) is 11.0. The van der Waals surface area contributed by atoms with E-state index in [9.17, 15) is 0 Å². The van der Waals surface area contributed by atoms with Crippen molar-refractivity contribution in [2.45, 2.75) is 117 Å². The number of rotatable bonds is 16. The Bertz CT molecular complexity index is 749. The first-order chi connectivity index (χ1) is 16.3. The van der Waals surface area contributed by atoms with Gasteiger partial charge in [-0.2, -0.15) is 0 Å². The number of hydrogen-bond acceptors (Lipinski definition) is 4. The van der Waals surface area contributed by atoms with Crippen LogP contribution < -0.4 is 4.74 Å². The van der Waals surface area contributed by atoms with Crippen LogP contribution in [-0.2, 0) is 6.42 Å². The average Bonchev–Trinajstić information content (AvgIpc) is 3.32. The van der Waals surface area contributed by atoms with E-state index in [1.807, 2.05) is 0 Å². The van der Waals surface area contributed by atoms with Crippen molar-refractivity contribution < 1.29 is 4.74 Å². The second kappa shape index (κ2) is 15.5. The quantitative estimate of drug-likeness (QED) is 0.229. The van der Waals surface area contributed by atoms with E-state index in [-0.39, 0.29) is 0 Å². The maximum Gasteiger partial charge on any atom is 0.147 e. The molecule has 0 bridgehead atoms. The standard InChI is InChI=1S/C29H46N2OS/c1-3-5-7-8-10-14-28-30-31-29(33-28)26-19-21-27(22-20-26)32-23-11-13-25-17-15-24(16-18-25)12-9-6-4-2/h19-22,24-25H,3-18,23H2,1-2H3/t24-,25-. The molecule has 1 saturated carbocycles. The molecule has 4 heteroatoms. The molecule has 1 aliphatic carbocycles. The largest absolute Gasteiger partial charge is 0.494 e. The van der Waals surface area contributed by atoms with Crippen LogP contribution in [0.2, 0.25) is 0 Å². The van der Waals surface area contributed by atoms with Crippen LogP contribution in [0.5, 0.6) is 5.75 Å². The summed E-state index contributed by atoms with van der Waals surface area (Å²) in [6, 6.07) is 8.42. The van der Waals surface area contributed by atoms with E-state index in [1.54, 1.807) is 11.3 Å². The smallest absolute Gasteiger partial charge is 0.147 e. The van der Waals surface area contributed by atoms with Crippen molar-refractivity contribution in [1.82, 2.24) is 10.2 Å². The Morgan fingerprint density at radius 2 is 1.39 bits per heavy atom. The predicted octanol–water partition coefficient (Wildman–Crippen LogP) is 9.26. The van der Waals surface area contributed by atoms with Crippen LogP contribution in [0.25, 0.3) is 10.6 Å². The molecule has 2 aromatic rings. The number of hydrogen-bond donors (Lipinski definition) is 0. The molecule has 3 rings (SSSR count). The Kier molecular flexibility index (Phi) is 12.3. The molecular formula is C29H46N2OS. The maximum atomic E-state index is 6.03. The minimum Gasteiger partial charge on any atom is -0.494 e. The zero-order valence-electron chi connectivity index (χ0n) is 21.2. The molecule has 0 N–H and O–H groups in total. The summed E-state index contributed by atoms with van der Waals surface area (Å²) in [6.45, 7) is 5.39. The highest BCUT2D eigenvalue weighted by atomic mass is 32.1. The van der Waals surface area contributed by atoms with Gasteiger partial charge >= 0.3 is 0 Å². The fourth-order valence-electron chi connectivity index (χ4n) is 5.10. The molecule has 3 nitrogen and oxygen atoms in total. The van der Waals surface area contributed by atoms with Crippen LogP contribution in [0.1, 0.15) is 115 Å². The number of aromatic nitrogens is 2. The van der Waals surface area contributed by atoms with Crippen molar-refractivity contribution in [1.29, 1.82) is 0 Å². The highest BCUT2D eigenvalue weighted by molar-refractivity contribution is 7.14. The third-order valence-corrected chi connectivity index (χ3v) is 8.30. The van der Waals surface area contributed by atoms with Crippen molar-refractivity contribution in [3.63, 3.8) is 0 Å². The van der Waals surface area contributed by atoms with Gasteiger partial charge in [-0.1, -0.05) is 102 Å². The molecule has 1 heterocycles. The summed E-state index contributed by atoms with van der Waals surface area (Å²) in [5.74, 6) is 2.91. The Morgan fingerprint density at radius 1 is 0.758 bits per heavy atom. The lowest BCUT2D eigenvalue weighted by Crippen LogP contribution is -2.15. The van der Waals surface area contributed by atoms with Crippen LogP contribution in [0, 0.1) is 11.8 Å². The number of benzene rings is 1. The lowest BCUT2D eigenvalue weighted by molar-refractivity contribution is 0.228. The number of ether oxygens (including phenoxy) is 1. The monoisotopic (exact) mass is 470 g/mol. The van der Waals surface area contributed by atoms with E-state index < -0.39 is 0 Å². The topological polar surface area (TPSA) is 35.0 Å². The molecule has 0 unspecified atom stereocenters. The van der Waals surface area contributed by atoms with E-state index in [4.69, 9.17) is 4.74 Å². The minimum atomic E-state index is 0.830. The van der Waals surface area contributed by atoms with Crippen LogP contribution in [0.4, 0.5) is 0 Å². The normalized spacial score (nSPS) is 18.5. The molecule has 0 atom stereocenters. The van der Waals surface area contributed by atoms with Gasteiger partial charge in [0.1, 0.15) is 15.8 Å². The first kappa shape index (κ1) is 26.2. The van der Waals surface area contributed by atoms with Gasteiger partial charge in [0.15, 0.2) is 0 Å². The van der Waals surface area contributed by atoms with Gasteiger partial charge in [0.25, 0.3) is 0 Å². The highest BCUT2D eigenvalue weighted by Gasteiger charge is 2.20. The van der Waals surface area contributed by atoms with Gasteiger partial charge in [0.05, 0.1) is 6.61 Å². The van der Waals surface area contributed by atoms with Gasteiger partial charge in [-0.25, -0.2) is 0 Å². The van der Waals surface area contributed by atoms with Gasteiger partial charge in [-0.05, 0) is 55.4 Å². The van der Waals surface area contributed by atoms with Crippen molar-refractivity contribution in [3.8, 4) is 16.3 Å². The lowest BCUT2D eigenvalue weighted by Gasteiger charge is -2.28. The Labute approximate surface area is 206 Å². The van der Waals surface area contributed by atoms with Gasteiger partial charge in [-0.3, -0.25) is 0 Å². The molecule has 0 spiro atoms. The number of aryl methyl sites for hydroxylation is 1. The first-order valence-electron chi connectivity index (χ1n) is 13.8. The Morgan fingerprint density at radius 3 is 2.09 bits per heavy atom. The Hall–Kier alpha value is -1.42. The lowest BCUT2D eigenvalue weighted by atomic mass is 9.78. The van der Waals surface area contributed by atoms with Crippen molar-refractivity contribution in [2.75, 3.05) is 6.61 Å². The average molecular weight is 471 g/mol. The molecule has 1 aromatic heterocycles. The third-order valence-electron chi connectivity index (χ3n) is 7.27. The summed E-state index contributed by atoms with van der Waals surface area (Å²) < 4.78 is 6.03. The zero-order chi connectivity index (χ0) is 23.1. The van der Waals surface area contributed by atoms with Crippen LogP contribution in [-0.4, -0.2) is 16.8 Å². The summed E-state index contributed by atoms with van der Waals surface area (Å²) in [7, 11) is 0. The summed E-state index contributed by atoms with van der Waals surface area (Å²) >= 11 is 1.74.